The van der Waals surface area contributed by atoms with E-state index in [4.69, 9.17) is 11.6 Å². The minimum atomic E-state index is -0.280. The Balaban J connectivity index is 1.48. The highest BCUT2D eigenvalue weighted by Gasteiger charge is 2.47. The second-order valence-electron chi connectivity index (χ2n) is 5.49. The van der Waals surface area contributed by atoms with Crippen LogP contribution >= 0.6 is 11.6 Å². The number of hydrogen-bond donors (Lipinski definition) is 2. The molecule has 1 aliphatic rings. The highest BCUT2D eigenvalue weighted by Crippen LogP contribution is 2.39. The summed E-state index contributed by atoms with van der Waals surface area (Å²) in [7, 11) is 0. The fourth-order valence-corrected chi connectivity index (χ4v) is 2.58. The number of rotatable bonds is 5. The Morgan fingerprint density at radius 1 is 1.13 bits per heavy atom. The van der Waals surface area contributed by atoms with E-state index in [1.165, 1.54) is 0 Å². The van der Waals surface area contributed by atoms with Crippen LogP contribution in [-0.2, 0) is 16.1 Å². The Bertz CT molecular complexity index is 721. The number of hydrogen-bond acceptors (Lipinski definition) is 3. The molecule has 0 spiro atoms. The maximum Gasteiger partial charge on any atom is 0.228 e. The Morgan fingerprint density at radius 3 is 2.70 bits per heavy atom. The van der Waals surface area contributed by atoms with Crippen LogP contribution in [0.15, 0.2) is 48.7 Å². The van der Waals surface area contributed by atoms with Crippen LogP contribution in [0.2, 0.25) is 5.02 Å². The molecule has 23 heavy (non-hydrogen) atoms. The average Bonchev–Trinajstić information content (AvgIpc) is 3.34. The number of halogens is 1. The van der Waals surface area contributed by atoms with Crippen LogP contribution < -0.4 is 10.6 Å². The van der Waals surface area contributed by atoms with Crippen molar-refractivity contribution in [1.82, 2.24) is 10.3 Å². The Hall–Kier alpha value is -2.40. The maximum atomic E-state index is 12.1. The van der Waals surface area contributed by atoms with E-state index in [0.29, 0.717) is 23.7 Å². The SMILES string of the molecule is O=C(NCc1ccccn1)C1CC1C(=O)Nc1cccc(Cl)c1. The van der Waals surface area contributed by atoms with Crippen molar-refractivity contribution in [2.75, 3.05) is 5.32 Å². The second-order valence-corrected chi connectivity index (χ2v) is 5.92. The lowest BCUT2D eigenvalue weighted by molar-refractivity contribution is -0.125. The molecule has 1 fully saturated rings. The molecule has 6 heteroatoms. The molecule has 1 heterocycles. The first-order valence-electron chi connectivity index (χ1n) is 7.37. The van der Waals surface area contributed by atoms with Gasteiger partial charge >= 0.3 is 0 Å². The summed E-state index contributed by atoms with van der Waals surface area (Å²) in [6.45, 7) is 0.374. The van der Waals surface area contributed by atoms with Crippen molar-refractivity contribution in [3.8, 4) is 0 Å². The van der Waals surface area contributed by atoms with Crippen molar-refractivity contribution in [2.45, 2.75) is 13.0 Å². The van der Waals surface area contributed by atoms with E-state index in [-0.39, 0.29) is 23.7 Å². The summed E-state index contributed by atoms with van der Waals surface area (Å²) in [5.74, 6) is -0.803. The summed E-state index contributed by atoms with van der Waals surface area (Å²) >= 11 is 5.88. The van der Waals surface area contributed by atoms with Crippen molar-refractivity contribution in [2.24, 2.45) is 11.8 Å². The highest BCUT2D eigenvalue weighted by molar-refractivity contribution is 6.30. The van der Waals surface area contributed by atoms with Crippen molar-refractivity contribution >= 4 is 29.1 Å². The van der Waals surface area contributed by atoms with Gasteiger partial charge in [-0.15, -0.1) is 0 Å². The van der Waals surface area contributed by atoms with Crippen molar-refractivity contribution < 1.29 is 9.59 Å². The summed E-state index contributed by atoms with van der Waals surface area (Å²) < 4.78 is 0. The average molecular weight is 330 g/mol. The molecule has 5 nitrogen and oxygen atoms in total. The summed E-state index contributed by atoms with van der Waals surface area (Å²) in [6, 6.07) is 12.5. The van der Waals surface area contributed by atoms with Gasteiger partial charge in [-0.2, -0.15) is 0 Å². The van der Waals surface area contributed by atoms with Crippen molar-refractivity contribution in [1.29, 1.82) is 0 Å². The Labute approximate surface area is 139 Å². The van der Waals surface area contributed by atoms with E-state index >= 15 is 0 Å². The molecule has 0 saturated heterocycles. The number of anilines is 1. The maximum absolute atomic E-state index is 12.1. The second kappa shape index (κ2) is 6.79. The van der Waals surface area contributed by atoms with E-state index in [9.17, 15) is 9.59 Å². The van der Waals surface area contributed by atoms with Crippen LogP contribution in [-0.4, -0.2) is 16.8 Å². The van der Waals surface area contributed by atoms with E-state index in [1.54, 1.807) is 30.5 Å². The first kappa shape index (κ1) is 15.5. The Morgan fingerprint density at radius 2 is 1.96 bits per heavy atom. The van der Waals surface area contributed by atoms with Gasteiger partial charge in [0.2, 0.25) is 11.8 Å². The van der Waals surface area contributed by atoms with Gasteiger partial charge in [-0.05, 0) is 36.8 Å². The molecule has 2 N–H and O–H groups in total. The number of aromatic nitrogens is 1. The molecule has 3 rings (SSSR count). The van der Waals surface area contributed by atoms with Crippen molar-refractivity contribution in [3.63, 3.8) is 0 Å². The Kier molecular flexibility index (Phi) is 4.57. The first-order chi connectivity index (χ1) is 11.1. The molecule has 1 aliphatic carbocycles. The molecule has 0 aliphatic heterocycles. The van der Waals surface area contributed by atoms with Crippen molar-refractivity contribution in [3.05, 3.63) is 59.4 Å². The fraction of sp³-hybridized carbons (Fsp3) is 0.235. The third-order valence-electron chi connectivity index (χ3n) is 3.73. The lowest BCUT2D eigenvalue weighted by Gasteiger charge is -2.06. The smallest absolute Gasteiger partial charge is 0.228 e. The van der Waals surface area contributed by atoms with Gasteiger partial charge in [0.1, 0.15) is 0 Å². The lowest BCUT2D eigenvalue weighted by atomic mass is 10.2. The van der Waals surface area contributed by atoms with Gasteiger partial charge in [0, 0.05) is 16.9 Å². The molecule has 1 aromatic carbocycles. The summed E-state index contributed by atoms with van der Waals surface area (Å²) in [4.78, 5) is 28.3. The van der Waals surface area contributed by atoms with Gasteiger partial charge in [0.15, 0.2) is 0 Å². The van der Waals surface area contributed by atoms with E-state index in [2.05, 4.69) is 15.6 Å². The third-order valence-corrected chi connectivity index (χ3v) is 3.96. The van der Waals surface area contributed by atoms with Gasteiger partial charge in [-0.25, -0.2) is 0 Å². The highest BCUT2D eigenvalue weighted by atomic mass is 35.5. The minimum Gasteiger partial charge on any atom is -0.350 e. The lowest BCUT2D eigenvalue weighted by Crippen LogP contribution is -2.27. The van der Waals surface area contributed by atoms with Crippen LogP contribution in [0.3, 0.4) is 0 Å². The number of amides is 2. The van der Waals surface area contributed by atoms with Gasteiger partial charge in [0.25, 0.3) is 0 Å². The van der Waals surface area contributed by atoms with Crippen LogP contribution in [0.5, 0.6) is 0 Å². The topological polar surface area (TPSA) is 71.1 Å². The zero-order valence-corrected chi connectivity index (χ0v) is 13.1. The number of carbonyl (C=O) groups excluding carboxylic acids is 2. The minimum absolute atomic E-state index is 0.109. The number of nitrogens with zero attached hydrogens (tertiary/aromatic N) is 1. The summed E-state index contributed by atoms with van der Waals surface area (Å²) in [6.07, 6.45) is 2.25. The standard InChI is InChI=1S/C17H16ClN3O2/c18-11-4-3-6-12(8-11)21-17(23)15-9-14(15)16(22)20-10-13-5-1-2-7-19-13/h1-8,14-15H,9-10H2,(H,20,22)(H,21,23). The van der Waals surface area contributed by atoms with Gasteiger partial charge in [-0.3, -0.25) is 14.6 Å². The van der Waals surface area contributed by atoms with Crippen LogP contribution in [0.25, 0.3) is 0 Å². The van der Waals surface area contributed by atoms with Gasteiger partial charge in [0.05, 0.1) is 24.1 Å². The van der Waals surface area contributed by atoms with E-state index < -0.39 is 0 Å². The van der Waals surface area contributed by atoms with Gasteiger partial charge < -0.3 is 10.6 Å². The molecule has 1 aromatic heterocycles. The normalized spacial score (nSPS) is 19.0. The van der Waals surface area contributed by atoms with E-state index in [1.807, 2.05) is 18.2 Å². The number of pyridine rings is 1. The zero-order valence-electron chi connectivity index (χ0n) is 12.3. The molecular formula is C17H16ClN3O2. The van der Waals surface area contributed by atoms with Gasteiger partial charge in [-0.1, -0.05) is 23.7 Å². The molecule has 1 saturated carbocycles. The molecule has 0 radical (unpaired) electrons. The van der Waals surface area contributed by atoms with E-state index in [0.717, 1.165) is 5.69 Å². The van der Waals surface area contributed by atoms with Crippen LogP contribution in [0, 0.1) is 11.8 Å². The predicted molar refractivity (Wildman–Crippen MR) is 87.8 cm³/mol. The molecule has 2 aromatic rings. The fourth-order valence-electron chi connectivity index (χ4n) is 2.39. The zero-order chi connectivity index (χ0) is 16.2. The molecule has 2 unspecified atom stereocenters. The van der Waals surface area contributed by atoms with Crippen LogP contribution in [0.1, 0.15) is 12.1 Å². The largest absolute Gasteiger partial charge is 0.350 e. The summed E-state index contributed by atoms with van der Waals surface area (Å²) in [5.41, 5.74) is 1.43. The molecule has 2 amide bonds. The van der Waals surface area contributed by atoms with Crippen LogP contribution in [0.4, 0.5) is 5.69 Å². The quantitative estimate of drug-likeness (QED) is 0.885. The first-order valence-corrected chi connectivity index (χ1v) is 7.75. The third kappa shape index (κ3) is 4.07. The number of benzene rings is 1. The molecule has 2 atom stereocenters. The monoisotopic (exact) mass is 329 g/mol. The summed E-state index contributed by atoms with van der Waals surface area (Å²) in [5, 5.41) is 6.16. The molecule has 0 bridgehead atoms. The molecular weight excluding hydrogens is 314 g/mol. The predicted octanol–water partition coefficient (Wildman–Crippen LogP) is 2.63. The number of carbonyl (C=O) groups is 2. The molecule has 118 valence electrons. The number of nitrogens with one attached hydrogen (secondary N) is 2.